The van der Waals surface area contributed by atoms with Crippen LogP contribution in [0.1, 0.15) is 18.9 Å². The van der Waals surface area contributed by atoms with E-state index in [0.29, 0.717) is 6.04 Å². The van der Waals surface area contributed by atoms with Crippen LogP contribution >= 0.6 is 0 Å². The van der Waals surface area contributed by atoms with Crippen molar-refractivity contribution in [2.45, 2.75) is 25.8 Å². The Morgan fingerprint density at radius 2 is 2.50 bits per heavy atom. The summed E-state index contributed by atoms with van der Waals surface area (Å²) >= 11 is 0. The molecule has 0 fully saturated rings. The second-order valence-corrected chi connectivity index (χ2v) is 3.14. The summed E-state index contributed by atoms with van der Waals surface area (Å²) < 4.78 is 0. The van der Waals surface area contributed by atoms with Gasteiger partial charge in [-0.25, -0.2) is 4.98 Å². The highest BCUT2D eigenvalue weighted by atomic mass is 16.1. The minimum Gasteiger partial charge on any atom is -0.367 e. The number of hydrogen-bond acceptors (Lipinski definition) is 3. The van der Waals surface area contributed by atoms with E-state index < -0.39 is 0 Å². The average molecular weight is 165 g/mol. The number of nitrogens with zero attached hydrogens (tertiary/aromatic N) is 1. The van der Waals surface area contributed by atoms with Crippen LogP contribution in [0, 0.1) is 0 Å². The molecule has 1 aliphatic rings. The molecule has 0 aliphatic carbocycles. The number of hydrogen-bond donors (Lipinski definition) is 2. The van der Waals surface area contributed by atoms with Crippen molar-refractivity contribution >= 4 is 5.82 Å². The lowest BCUT2D eigenvalue weighted by Gasteiger charge is -2.21. The van der Waals surface area contributed by atoms with Crippen molar-refractivity contribution in [1.29, 1.82) is 0 Å². The Labute approximate surface area is 70.0 Å². The van der Waals surface area contributed by atoms with Gasteiger partial charge in [0.05, 0.1) is 11.9 Å². The van der Waals surface area contributed by atoms with E-state index in [9.17, 15) is 4.79 Å². The molecular weight excluding hydrogens is 154 g/mol. The molecule has 0 aromatic carbocycles. The van der Waals surface area contributed by atoms with Gasteiger partial charge in [0.2, 0.25) is 0 Å². The minimum atomic E-state index is -0.0144. The molecule has 4 nitrogen and oxygen atoms in total. The molecule has 0 amide bonds. The summed E-state index contributed by atoms with van der Waals surface area (Å²) in [4.78, 5) is 17.9. The molecule has 1 aliphatic heterocycles. The van der Waals surface area contributed by atoms with Gasteiger partial charge in [0.1, 0.15) is 5.82 Å². The number of aromatic nitrogens is 2. The number of H-pyrrole nitrogens is 1. The van der Waals surface area contributed by atoms with Crippen LogP contribution in [0.25, 0.3) is 0 Å². The van der Waals surface area contributed by atoms with Gasteiger partial charge in [-0.05, 0) is 19.8 Å². The fourth-order valence-electron chi connectivity index (χ4n) is 1.45. The van der Waals surface area contributed by atoms with E-state index in [4.69, 9.17) is 0 Å². The third kappa shape index (κ3) is 1.09. The maximum Gasteiger partial charge on any atom is 0.256 e. The van der Waals surface area contributed by atoms with E-state index in [1.807, 2.05) is 0 Å². The zero-order valence-corrected chi connectivity index (χ0v) is 6.92. The molecule has 0 spiro atoms. The van der Waals surface area contributed by atoms with Crippen LogP contribution in [-0.2, 0) is 6.42 Å². The first-order chi connectivity index (χ1) is 5.77. The van der Waals surface area contributed by atoms with Crippen LogP contribution in [0.5, 0.6) is 0 Å². The molecule has 2 heterocycles. The summed E-state index contributed by atoms with van der Waals surface area (Å²) in [5.41, 5.74) is 0.773. The molecule has 1 aromatic heterocycles. The average Bonchev–Trinajstić information content (AvgIpc) is 2.04. The van der Waals surface area contributed by atoms with Crippen molar-refractivity contribution in [3.8, 4) is 0 Å². The van der Waals surface area contributed by atoms with Crippen molar-refractivity contribution in [3.05, 3.63) is 22.2 Å². The van der Waals surface area contributed by atoms with Crippen molar-refractivity contribution in [2.75, 3.05) is 5.32 Å². The van der Waals surface area contributed by atoms with Gasteiger partial charge in [-0.15, -0.1) is 0 Å². The first kappa shape index (κ1) is 7.34. The predicted octanol–water partition coefficient (Wildman–Crippen LogP) is 0.516. The monoisotopic (exact) mass is 165 g/mol. The zero-order valence-electron chi connectivity index (χ0n) is 6.92. The van der Waals surface area contributed by atoms with Crippen LogP contribution in [0.15, 0.2) is 11.1 Å². The van der Waals surface area contributed by atoms with Gasteiger partial charge in [-0.1, -0.05) is 0 Å². The Kier molecular flexibility index (Phi) is 1.60. The number of aromatic amines is 1. The SMILES string of the molecule is C[C@H]1CCc2c(nc[nH]c2=O)N1. The van der Waals surface area contributed by atoms with Crippen LogP contribution in [0.4, 0.5) is 5.82 Å². The highest BCUT2D eigenvalue weighted by Gasteiger charge is 2.16. The summed E-state index contributed by atoms with van der Waals surface area (Å²) in [5.74, 6) is 0.748. The largest absolute Gasteiger partial charge is 0.367 e. The molecule has 64 valence electrons. The van der Waals surface area contributed by atoms with Crippen molar-refractivity contribution < 1.29 is 0 Å². The summed E-state index contributed by atoms with van der Waals surface area (Å²) in [6, 6.07) is 0.423. The van der Waals surface area contributed by atoms with E-state index in [1.54, 1.807) is 0 Å². The lowest BCUT2D eigenvalue weighted by Crippen LogP contribution is -2.28. The predicted molar refractivity (Wildman–Crippen MR) is 46.3 cm³/mol. The Balaban J connectivity index is 2.49. The van der Waals surface area contributed by atoms with E-state index >= 15 is 0 Å². The minimum absolute atomic E-state index is 0.0144. The van der Waals surface area contributed by atoms with Gasteiger partial charge in [0.25, 0.3) is 5.56 Å². The normalized spacial score (nSPS) is 21.2. The number of fused-ring (bicyclic) bond motifs is 1. The Morgan fingerprint density at radius 3 is 3.33 bits per heavy atom. The first-order valence-electron chi connectivity index (χ1n) is 4.10. The quantitative estimate of drug-likeness (QED) is 0.589. The highest BCUT2D eigenvalue weighted by Crippen LogP contribution is 2.17. The maximum absolute atomic E-state index is 11.2. The molecule has 0 bridgehead atoms. The van der Waals surface area contributed by atoms with Gasteiger partial charge < -0.3 is 10.3 Å². The van der Waals surface area contributed by atoms with Crippen LogP contribution in [-0.4, -0.2) is 16.0 Å². The fraction of sp³-hybridized carbons (Fsp3) is 0.500. The van der Waals surface area contributed by atoms with Gasteiger partial charge in [-0.2, -0.15) is 0 Å². The Bertz CT molecular complexity index is 344. The van der Waals surface area contributed by atoms with Crippen molar-refractivity contribution in [1.82, 2.24) is 9.97 Å². The first-order valence-corrected chi connectivity index (χ1v) is 4.10. The zero-order chi connectivity index (χ0) is 8.55. The lowest BCUT2D eigenvalue weighted by atomic mass is 10.0. The Morgan fingerprint density at radius 1 is 1.67 bits per heavy atom. The van der Waals surface area contributed by atoms with Crippen LogP contribution in [0.3, 0.4) is 0 Å². The molecule has 1 atom stereocenters. The van der Waals surface area contributed by atoms with Gasteiger partial charge in [-0.3, -0.25) is 4.79 Å². The summed E-state index contributed by atoms with van der Waals surface area (Å²) in [7, 11) is 0. The highest BCUT2D eigenvalue weighted by molar-refractivity contribution is 5.45. The van der Waals surface area contributed by atoms with Gasteiger partial charge in [0.15, 0.2) is 0 Å². The third-order valence-electron chi connectivity index (χ3n) is 2.16. The second kappa shape index (κ2) is 2.62. The molecule has 0 unspecified atom stereocenters. The van der Waals surface area contributed by atoms with E-state index in [-0.39, 0.29) is 5.56 Å². The summed E-state index contributed by atoms with van der Waals surface area (Å²) in [5, 5.41) is 3.17. The van der Waals surface area contributed by atoms with Gasteiger partial charge in [0, 0.05) is 6.04 Å². The smallest absolute Gasteiger partial charge is 0.256 e. The summed E-state index contributed by atoms with van der Waals surface area (Å²) in [6.07, 6.45) is 3.26. The molecule has 0 saturated heterocycles. The molecule has 2 rings (SSSR count). The molecule has 4 heteroatoms. The standard InChI is InChI=1S/C8H11N3O/c1-5-2-3-6-7(11-5)9-4-10-8(6)12/h4-5H,2-3H2,1H3,(H2,9,10,11,12)/t5-/m0/s1. The molecule has 1 aromatic rings. The van der Waals surface area contributed by atoms with E-state index in [2.05, 4.69) is 22.2 Å². The molecule has 0 saturated carbocycles. The molecule has 2 N–H and O–H groups in total. The number of anilines is 1. The van der Waals surface area contributed by atoms with Crippen molar-refractivity contribution in [2.24, 2.45) is 0 Å². The molecule has 0 radical (unpaired) electrons. The fourth-order valence-corrected chi connectivity index (χ4v) is 1.45. The maximum atomic E-state index is 11.2. The van der Waals surface area contributed by atoms with Crippen LogP contribution < -0.4 is 10.9 Å². The van der Waals surface area contributed by atoms with Crippen LogP contribution in [0.2, 0.25) is 0 Å². The second-order valence-electron chi connectivity index (χ2n) is 3.14. The number of nitrogens with one attached hydrogen (secondary N) is 2. The lowest BCUT2D eigenvalue weighted by molar-refractivity contribution is 0.666. The topological polar surface area (TPSA) is 57.8 Å². The number of rotatable bonds is 0. The summed E-state index contributed by atoms with van der Waals surface area (Å²) in [6.45, 7) is 2.09. The van der Waals surface area contributed by atoms with E-state index in [1.165, 1.54) is 6.33 Å². The molecular formula is C8H11N3O. The van der Waals surface area contributed by atoms with Gasteiger partial charge >= 0.3 is 0 Å². The van der Waals surface area contributed by atoms with Crippen molar-refractivity contribution in [3.63, 3.8) is 0 Å². The van der Waals surface area contributed by atoms with E-state index in [0.717, 1.165) is 24.2 Å². The third-order valence-corrected chi connectivity index (χ3v) is 2.16. The Hall–Kier alpha value is -1.32. The molecule has 12 heavy (non-hydrogen) atoms.